The van der Waals surface area contributed by atoms with Crippen LogP contribution >= 0.6 is 34.4 Å². The number of piperidine rings is 1. The number of aromatic amines is 1. The van der Waals surface area contributed by atoms with Crippen molar-refractivity contribution < 1.29 is 19.7 Å². The van der Waals surface area contributed by atoms with Crippen LogP contribution in [-0.4, -0.2) is 105 Å². The topological polar surface area (TPSA) is 122 Å². The van der Waals surface area contributed by atoms with Crippen molar-refractivity contribution in [2.45, 2.75) is 55.8 Å². The Morgan fingerprint density at radius 1 is 1.21 bits per heavy atom. The number of likely N-dealkylation sites (N-methyl/N-ethyl adjacent to an activating group) is 1. The number of carbonyl (C=O) groups is 1. The van der Waals surface area contributed by atoms with Crippen LogP contribution in [0.15, 0.2) is 51.5 Å². The molecule has 1 atom stereocenters. The minimum atomic E-state index is -0.773. The highest BCUT2D eigenvalue weighted by atomic mass is 32.2. The molecule has 47 heavy (non-hydrogen) atoms. The van der Waals surface area contributed by atoms with Crippen LogP contribution in [0.4, 0.5) is 0 Å². The van der Waals surface area contributed by atoms with Crippen molar-refractivity contribution in [2.75, 3.05) is 58.7 Å². The van der Waals surface area contributed by atoms with E-state index in [1.165, 1.54) is 16.5 Å². The molecule has 0 radical (unpaired) electrons. The van der Waals surface area contributed by atoms with E-state index >= 15 is 0 Å². The number of likely N-dealkylation sites (tertiary alicyclic amines) is 1. The maximum Gasteiger partial charge on any atom is 0.305 e. The highest BCUT2D eigenvalue weighted by Crippen LogP contribution is 2.33. The van der Waals surface area contributed by atoms with Gasteiger partial charge in [0.25, 0.3) is 5.91 Å². The molecular weight excluding hydrogens is 655 g/mol. The zero-order valence-electron chi connectivity index (χ0n) is 27.1. The fourth-order valence-electron chi connectivity index (χ4n) is 6.35. The Morgan fingerprint density at radius 2 is 2.02 bits per heavy atom. The lowest BCUT2D eigenvalue weighted by atomic mass is 9.89. The molecule has 0 aliphatic carbocycles. The molecule has 2 aliphatic rings. The van der Waals surface area contributed by atoms with Crippen LogP contribution in [-0.2, 0) is 11.3 Å². The van der Waals surface area contributed by atoms with Gasteiger partial charge in [0.05, 0.1) is 34.6 Å². The van der Waals surface area contributed by atoms with Gasteiger partial charge in [-0.25, -0.2) is 4.98 Å². The summed E-state index contributed by atoms with van der Waals surface area (Å²) in [5.74, 6) is 1.22. The molecule has 4 aromatic rings. The fourth-order valence-corrected chi connectivity index (χ4v) is 9.13. The van der Waals surface area contributed by atoms with E-state index < -0.39 is 6.10 Å². The summed E-state index contributed by atoms with van der Waals surface area (Å²) in [5.41, 5.74) is 2.58. The summed E-state index contributed by atoms with van der Waals surface area (Å²) in [4.78, 5) is 39.8. The van der Waals surface area contributed by atoms with Gasteiger partial charge in [-0.3, -0.25) is 14.5 Å². The molecule has 2 fully saturated rings. The molecule has 4 heterocycles. The second-order valence-corrected chi connectivity index (χ2v) is 16.0. The smallest absolute Gasteiger partial charge is 0.305 e. The molecule has 2 aromatic carbocycles. The molecule has 1 amide bonds. The van der Waals surface area contributed by atoms with E-state index in [0.29, 0.717) is 53.6 Å². The molecule has 10 nitrogen and oxygen atoms in total. The number of aliphatic hydroxyl groups excluding tert-OH is 1. The molecule has 252 valence electrons. The average Bonchev–Trinajstić information content (AvgIpc) is 3.70. The lowest BCUT2D eigenvalue weighted by Crippen LogP contribution is -2.58. The van der Waals surface area contributed by atoms with E-state index in [4.69, 9.17) is 4.74 Å². The minimum Gasteiger partial charge on any atom is -0.506 e. The Balaban J connectivity index is 0.958. The molecule has 2 saturated heterocycles. The molecule has 2 aromatic heterocycles. The number of phenols is 1. The maximum absolute atomic E-state index is 13.2. The average molecular weight is 698 g/mol. The number of morpholine rings is 1. The molecule has 13 heteroatoms. The summed E-state index contributed by atoms with van der Waals surface area (Å²) in [6, 6.07) is 11.9. The van der Waals surface area contributed by atoms with E-state index in [1.807, 2.05) is 17.3 Å². The van der Waals surface area contributed by atoms with Gasteiger partial charge in [-0.15, -0.1) is 23.1 Å². The number of fused-ring (bicyclic) bond motifs is 1. The number of phenolic OH excluding ortho intramolecular Hbond substituents is 1. The van der Waals surface area contributed by atoms with Crippen molar-refractivity contribution in [2.24, 2.45) is 0 Å². The van der Waals surface area contributed by atoms with Crippen molar-refractivity contribution in [3.63, 3.8) is 0 Å². The van der Waals surface area contributed by atoms with Crippen molar-refractivity contribution in [1.82, 2.24) is 24.7 Å². The Morgan fingerprint density at radius 3 is 2.79 bits per heavy atom. The van der Waals surface area contributed by atoms with Gasteiger partial charge in [-0.05, 0) is 43.7 Å². The SMILES string of the molecule is CC(C)c1nc(C(=O)N2CCOC3(CCN(Cc4cccc(SCCN(C)C[C@H](O)c5ccc(O)c6[nH]c(=O)sc56)c4)CC3)C2)cs1. The molecule has 3 N–H and O–H groups in total. The molecule has 0 bridgehead atoms. The third-order valence-corrected chi connectivity index (χ3v) is 12.1. The Hall–Kier alpha value is -2.78. The van der Waals surface area contributed by atoms with Gasteiger partial charge < -0.3 is 29.7 Å². The second kappa shape index (κ2) is 14.8. The summed E-state index contributed by atoms with van der Waals surface area (Å²) < 4.78 is 6.93. The number of H-pyrrole nitrogens is 1. The first-order valence-corrected chi connectivity index (χ1v) is 18.8. The van der Waals surface area contributed by atoms with Gasteiger partial charge >= 0.3 is 4.87 Å². The first kappa shape index (κ1) is 34.1. The zero-order chi connectivity index (χ0) is 33.1. The van der Waals surface area contributed by atoms with Gasteiger partial charge in [0.1, 0.15) is 17.0 Å². The van der Waals surface area contributed by atoms with Crippen molar-refractivity contribution in [3.8, 4) is 5.75 Å². The number of nitrogens with zero attached hydrogens (tertiary/aromatic N) is 4. The first-order valence-electron chi connectivity index (χ1n) is 16.1. The van der Waals surface area contributed by atoms with Crippen LogP contribution < -0.4 is 4.87 Å². The van der Waals surface area contributed by atoms with E-state index in [0.717, 1.165) is 61.1 Å². The lowest BCUT2D eigenvalue weighted by molar-refractivity contribution is -0.128. The molecule has 0 saturated carbocycles. The number of aliphatic hydroxyl groups is 1. The standard InChI is InChI=1S/C34H43N5O5S3/c1-22(2)31-35-26(20-46-31)32(42)39-13-15-44-34(21-39)9-11-38(12-10-34)18-23-5-4-6-24(17-23)45-16-14-37(3)19-28(41)25-7-8-27(40)29-30(25)47-33(43)36-29/h4-8,17,20,22,28,40-41H,9-16,18-19,21H2,1-3H3,(H,36,43)/t28-/m0/s1. The molecule has 1 spiro atoms. The van der Waals surface area contributed by atoms with Crippen LogP contribution in [0, 0.1) is 0 Å². The number of carbonyl (C=O) groups excluding carboxylic acids is 1. The Labute approximate surface area is 287 Å². The summed E-state index contributed by atoms with van der Waals surface area (Å²) in [5, 5.41) is 23.9. The van der Waals surface area contributed by atoms with Gasteiger partial charge in [-0.1, -0.05) is 43.4 Å². The number of thiazole rings is 2. The van der Waals surface area contributed by atoms with Crippen molar-refractivity contribution in [3.05, 3.63) is 73.3 Å². The molecule has 0 unspecified atom stereocenters. The van der Waals surface area contributed by atoms with E-state index in [1.54, 1.807) is 29.2 Å². The largest absolute Gasteiger partial charge is 0.506 e. The predicted octanol–water partition coefficient (Wildman–Crippen LogP) is 5.14. The predicted molar refractivity (Wildman–Crippen MR) is 189 cm³/mol. The van der Waals surface area contributed by atoms with Gasteiger partial charge in [-0.2, -0.15) is 0 Å². The number of benzene rings is 2. The van der Waals surface area contributed by atoms with Gasteiger partial charge in [0, 0.05) is 66.8 Å². The third kappa shape index (κ3) is 8.10. The number of rotatable bonds is 11. The van der Waals surface area contributed by atoms with Gasteiger partial charge in [0.15, 0.2) is 0 Å². The summed E-state index contributed by atoms with van der Waals surface area (Å²) in [7, 11) is 1.98. The van der Waals surface area contributed by atoms with Gasteiger partial charge in [0.2, 0.25) is 0 Å². The normalized spacial score (nSPS) is 17.7. The number of hydrogen-bond acceptors (Lipinski definition) is 11. The Bertz CT molecular complexity index is 1750. The van der Waals surface area contributed by atoms with Crippen LogP contribution in [0.25, 0.3) is 10.2 Å². The van der Waals surface area contributed by atoms with Crippen molar-refractivity contribution in [1.29, 1.82) is 0 Å². The van der Waals surface area contributed by atoms with E-state index in [-0.39, 0.29) is 22.1 Å². The quantitative estimate of drug-likeness (QED) is 0.183. The number of thioether (sulfide) groups is 1. The zero-order valence-corrected chi connectivity index (χ0v) is 29.6. The number of amides is 1. The first-order chi connectivity index (χ1) is 22.6. The van der Waals surface area contributed by atoms with E-state index in [2.05, 4.69) is 57.9 Å². The molecular formula is C34H43N5O5S3. The third-order valence-electron chi connectivity index (χ3n) is 9.02. The highest BCUT2D eigenvalue weighted by Gasteiger charge is 2.41. The van der Waals surface area contributed by atoms with Crippen LogP contribution in [0.2, 0.25) is 0 Å². The van der Waals surface area contributed by atoms with Crippen LogP contribution in [0.3, 0.4) is 0 Å². The molecule has 6 rings (SSSR count). The van der Waals surface area contributed by atoms with Crippen molar-refractivity contribution >= 4 is 50.6 Å². The number of aromatic nitrogens is 2. The number of hydrogen-bond donors (Lipinski definition) is 3. The van der Waals surface area contributed by atoms with E-state index in [9.17, 15) is 19.8 Å². The monoisotopic (exact) mass is 697 g/mol. The molecule has 2 aliphatic heterocycles. The second-order valence-electron chi connectivity index (χ2n) is 12.9. The number of ether oxygens (including phenoxy) is 1. The van der Waals surface area contributed by atoms with Crippen LogP contribution in [0.5, 0.6) is 5.75 Å². The highest BCUT2D eigenvalue weighted by molar-refractivity contribution is 7.99. The minimum absolute atomic E-state index is 0.0104. The maximum atomic E-state index is 13.2. The summed E-state index contributed by atoms with van der Waals surface area (Å²) >= 11 is 4.36. The van der Waals surface area contributed by atoms with Crippen LogP contribution in [0.1, 0.15) is 65.3 Å². The number of aromatic hydroxyl groups is 1. The Kier molecular flexibility index (Phi) is 10.7. The number of nitrogens with one attached hydrogen (secondary N) is 1. The fraction of sp³-hybridized carbons (Fsp3) is 0.500. The summed E-state index contributed by atoms with van der Waals surface area (Å²) in [6.45, 7) is 9.93. The summed E-state index contributed by atoms with van der Waals surface area (Å²) in [6.07, 6.45) is 1.02. The lowest BCUT2D eigenvalue weighted by Gasteiger charge is -2.47.